The first-order valence-corrected chi connectivity index (χ1v) is 8.49. The van der Waals surface area contributed by atoms with Crippen LogP contribution in [-0.4, -0.2) is 57.2 Å². The predicted molar refractivity (Wildman–Crippen MR) is 98.9 cm³/mol. The number of hydrogen-bond acceptors (Lipinski definition) is 5. The fraction of sp³-hybridized carbons (Fsp3) is 0.300. The highest BCUT2D eigenvalue weighted by molar-refractivity contribution is 5.95. The van der Waals surface area contributed by atoms with Crippen molar-refractivity contribution in [3.63, 3.8) is 0 Å². The zero-order chi connectivity index (χ0) is 18.5. The zero-order valence-electron chi connectivity index (χ0n) is 15.0. The fourth-order valence-corrected chi connectivity index (χ4v) is 3.05. The molecule has 0 saturated carbocycles. The second-order valence-corrected chi connectivity index (χ2v) is 6.05. The summed E-state index contributed by atoms with van der Waals surface area (Å²) in [6.45, 7) is 2.66. The third kappa shape index (κ3) is 3.79. The summed E-state index contributed by atoms with van der Waals surface area (Å²) < 4.78 is 9.96. The van der Waals surface area contributed by atoms with Crippen LogP contribution >= 0.6 is 0 Å². The van der Waals surface area contributed by atoms with Gasteiger partial charge in [0.2, 0.25) is 0 Å². The van der Waals surface area contributed by atoms with Crippen LogP contribution in [0.1, 0.15) is 20.7 Å². The second kappa shape index (κ2) is 7.91. The molecule has 0 unspecified atom stereocenters. The van der Waals surface area contributed by atoms with Crippen molar-refractivity contribution < 1.29 is 19.1 Å². The van der Waals surface area contributed by atoms with Gasteiger partial charge in [0.15, 0.2) is 0 Å². The molecule has 1 amide bonds. The summed E-state index contributed by atoms with van der Waals surface area (Å²) in [5, 5.41) is 0. The molecule has 1 fully saturated rings. The minimum atomic E-state index is -0.348. The zero-order valence-corrected chi connectivity index (χ0v) is 15.0. The van der Waals surface area contributed by atoms with E-state index in [1.54, 1.807) is 25.3 Å². The first kappa shape index (κ1) is 17.8. The van der Waals surface area contributed by atoms with E-state index in [0.29, 0.717) is 43.1 Å². The standard InChI is InChI=1S/C20H22N2O4/c1-25-18-8-4-5-15(14-18)19(23)22-11-9-21(10-12-22)17-7-3-6-16(13-17)20(24)26-2/h3-8,13-14H,9-12H2,1-2H3. The lowest BCUT2D eigenvalue weighted by molar-refractivity contribution is 0.0600. The topological polar surface area (TPSA) is 59.1 Å². The third-order valence-corrected chi connectivity index (χ3v) is 4.52. The minimum Gasteiger partial charge on any atom is -0.497 e. The molecular weight excluding hydrogens is 332 g/mol. The fourth-order valence-electron chi connectivity index (χ4n) is 3.05. The highest BCUT2D eigenvalue weighted by Crippen LogP contribution is 2.20. The molecule has 2 aromatic rings. The van der Waals surface area contributed by atoms with E-state index in [2.05, 4.69) is 4.90 Å². The molecule has 0 aromatic heterocycles. The first-order chi connectivity index (χ1) is 12.6. The Bertz CT molecular complexity index is 798. The van der Waals surface area contributed by atoms with Gasteiger partial charge >= 0.3 is 5.97 Å². The van der Waals surface area contributed by atoms with E-state index in [1.807, 2.05) is 35.2 Å². The maximum atomic E-state index is 12.7. The monoisotopic (exact) mass is 354 g/mol. The highest BCUT2D eigenvalue weighted by Gasteiger charge is 2.23. The summed E-state index contributed by atoms with van der Waals surface area (Å²) in [5.74, 6) is 0.333. The highest BCUT2D eigenvalue weighted by atomic mass is 16.5. The lowest BCUT2D eigenvalue weighted by Crippen LogP contribution is -2.48. The maximum Gasteiger partial charge on any atom is 0.337 e. The third-order valence-electron chi connectivity index (χ3n) is 4.52. The Morgan fingerprint density at radius 3 is 2.27 bits per heavy atom. The lowest BCUT2D eigenvalue weighted by atomic mass is 10.1. The molecule has 1 heterocycles. The van der Waals surface area contributed by atoms with Gasteiger partial charge in [0, 0.05) is 37.4 Å². The molecule has 1 saturated heterocycles. The van der Waals surface area contributed by atoms with Crippen molar-refractivity contribution >= 4 is 17.6 Å². The average molecular weight is 354 g/mol. The van der Waals surface area contributed by atoms with Gasteiger partial charge in [-0.1, -0.05) is 12.1 Å². The molecule has 6 heteroatoms. The molecule has 0 N–H and O–H groups in total. The van der Waals surface area contributed by atoms with Gasteiger partial charge in [-0.15, -0.1) is 0 Å². The summed E-state index contributed by atoms with van der Waals surface area (Å²) in [6, 6.07) is 14.6. The summed E-state index contributed by atoms with van der Waals surface area (Å²) in [6.07, 6.45) is 0. The van der Waals surface area contributed by atoms with Crippen molar-refractivity contribution in [2.24, 2.45) is 0 Å². The number of methoxy groups -OCH3 is 2. The number of carbonyl (C=O) groups excluding carboxylic acids is 2. The molecule has 0 atom stereocenters. The van der Waals surface area contributed by atoms with Gasteiger partial charge in [-0.05, 0) is 36.4 Å². The Kier molecular flexibility index (Phi) is 5.41. The Morgan fingerprint density at radius 1 is 0.885 bits per heavy atom. The number of carbonyl (C=O) groups is 2. The minimum absolute atomic E-state index is 0.00635. The number of nitrogens with zero attached hydrogens (tertiary/aromatic N) is 2. The number of amides is 1. The SMILES string of the molecule is COC(=O)c1cccc(N2CCN(C(=O)c3cccc(OC)c3)CC2)c1. The van der Waals surface area contributed by atoms with Gasteiger partial charge in [-0.25, -0.2) is 4.79 Å². The Balaban J connectivity index is 1.65. The first-order valence-electron chi connectivity index (χ1n) is 8.49. The Morgan fingerprint density at radius 2 is 1.58 bits per heavy atom. The number of hydrogen-bond donors (Lipinski definition) is 0. The molecule has 2 aromatic carbocycles. The molecule has 0 radical (unpaired) electrons. The van der Waals surface area contributed by atoms with Crippen LogP contribution in [0.2, 0.25) is 0 Å². The van der Waals surface area contributed by atoms with Gasteiger partial charge in [0.05, 0.1) is 19.8 Å². The van der Waals surface area contributed by atoms with Crippen LogP contribution in [0.4, 0.5) is 5.69 Å². The van der Waals surface area contributed by atoms with Gasteiger partial charge in [0.25, 0.3) is 5.91 Å². The van der Waals surface area contributed by atoms with Crippen LogP contribution in [0.15, 0.2) is 48.5 Å². The molecule has 0 aliphatic carbocycles. The van der Waals surface area contributed by atoms with Gasteiger partial charge in [0.1, 0.15) is 5.75 Å². The van der Waals surface area contributed by atoms with E-state index in [0.717, 1.165) is 5.69 Å². The van der Waals surface area contributed by atoms with Gasteiger partial charge in [-0.2, -0.15) is 0 Å². The van der Waals surface area contributed by atoms with Crippen molar-refractivity contribution in [1.82, 2.24) is 4.90 Å². The summed E-state index contributed by atoms with van der Waals surface area (Å²) >= 11 is 0. The van der Waals surface area contributed by atoms with Crippen molar-refractivity contribution in [3.8, 4) is 5.75 Å². The lowest BCUT2D eigenvalue weighted by Gasteiger charge is -2.36. The second-order valence-electron chi connectivity index (χ2n) is 6.05. The number of piperazine rings is 1. The Labute approximate surface area is 152 Å². The van der Waals surface area contributed by atoms with Gasteiger partial charge in [-0.3, -0.25) is 4.79 Å². The quantitative estimate of drug-likeness (QED) is 0.790. The number of ether oxygens (including phenoxy) is 2. The predicted octanol–water partition coefficient (Wildman–Crippen LogP) is 2.44. The molecule has 0 bridgehead atoms. The number of benzene rings is 2. The van der Waals surface area contributed by atoms with Crippen LogP contribution in [0.25, 0.3) is 0 Å². The normalized spacial score (nSPS) is 14.1. The van der Waals surface area contributed by atoms with E-state index in [1.165, 1.54) is 7.11 Å². The number of anilines is 1. The van der Waals surface area contributed by atoms with Crippen LogP contribution < -0.4 is 9.64 Å². The molecule has 3 rings (SSSR count). The van der Waals surface area contributed by atoms with E-state index in [4.69, 9.17) is 9.47 Å². The van der Waals surface area contributed by atoms with Crippen LogP contribution in [0.3, 0.4) is 0 Å². The van der Waals surface area contributed by atoms with Crippen LogP contribution in [-0.2, 0) is 4.74 Å². The van der Waals surface area contributed by atoms with Crippen LogP contribution in [0.5, 0.6) is 5.75 Å². The van der Waals surface area contributed by atoms with Gasteiger partial charge < -0.3 is 19.3 Å². The van der Waals surface area contributed by atoms with Crippen molar-refractivity contribution in [3.05, 3.63) is 59.7 Å². The smallest absolute Gasteiger partial charge is 0.337 e. The van der Waals surface area contributed by atoms with Crippen molar-refractivity contribution in [1.29, 1.82) is 0 Å². The molecule has 1 aliphatic rings. The summed E-state index contributed by atoms with van der Waals surface area (Å²) in [4.78, 5) is 28.4. The molecular formula is C20H22N2O4. The van der Waals surface area contributed by atoms with E-state index >= 15 is 0 Å². The van der Waals surface area contributed by atoms with Crippen molar-refractivity contribution in [2.45, 2.75) is 0 Å². The molecule has 6 nitrogen and oxygen atoms in total. The molecule has 1 aliphatic heterocycles. The molecule has 26 heavy (non-hydrogen) atoms. The summed E-state index contributed by atoms with van der Waals surface area (Å²) in [5.41, 5.74) is 2.12. The molecule has 0 spiro atoms. The van der Waals surface area contributed by atoms with Crippen LogP contribution in [0, 0.1) is 0 Å². The average Bonchev–Trinajstić information content (AvgIpc) is 2.72. The maximum absolute atomic E-state index is 12.7. The summed E-state index contributed by atoms with van der Waals surface area (Å²) in [7, 11) is 2.96. The van der Waals surface area contributed by atoms with E-state index < -0.39 is 0 Å². The Hall–Kier alpha value is -3.02. The number of rotatable bonds is 4. The largest absolute Gasteiger partial charge is 0.497 e. The van der Waals surface area contributed by atoms with E-state index in [-0.39, 0.29) is 11.9 Å². The van der Waals surface area contributed by atoms with E-state index in [9.17, 15) is 9.59 Å². The van der Waals surface area contributed by atoms with Crippen molar-refractivity contribution in [2.75, 3.05) is 45.3 Å². The number of esters is 1. The molecule has 136 valence electrons.